The van der Waals surface area contributed by atoms with Crippen molar-refractivity contribution in [2.45, 2.75) is 45.4 Å². The Labute approximate surface area is 175 Å². The second-order valence-electron chi connectivity index (χ2n) is 8.32. The smallest absolute Gasteiger partial charge is 0.255 e. The predicted octanol–water partition coefficient (Wildman–Crippen LogP) is 3.58. The fourth-order valence-corrected chi connectivity index (χ4v) is 4.39. The van der Waals surface area contributed by atoms with Gasteiger partial charge in [-0.2, -0.15) is 5.10 Å². The number of hydrogen-bond donors (Lipinski definition) is 2. The zero-order valence-electron chi connectivity index (χ0n) is 17.3. The van der Waals surface area contributed by atoms with Crippen LogP contribution in [0.2, 0.25) is 25.7 Å². The van der Waals surface area contributed by atoms with E-state index in [0.29, 0.717) is 22.9 Å². The van der Waals surface area contributed by atoms with Gasteiger partial charge in [0.1, 0.15) is 17.4 Å². The van der Waals surface area contributed by atoms with Crippen LogP contribution >= 0.6 is 11.3 Å². The molecule has 0 fully saturated rings. The van der Waals surface area contributed by atoms with E-state index in [0.717, 1.165) is 16.3 Å². The molecule has 9 heteroatoms. The summed E-state index contributed by atoms with van der Waals surface area (Å²) in [4.78, 5) is 17.4. The third-order valence-electron chi connectivity index (χ3n) is 4.37. The summed E-state index contributed by atoms with van der Waals surface area (Å²) in [6.07, 6.45) is 1.69. The molecule has 29 heavy (non-hydrogen) atoms. The fraction of sp³-hybridized carbons (Fsp3) is 0.450. The lowest BCUT2D eigenvalue weighted by Crippen LogP contribution is -2.35. The third-order valence-corrected chi connectivity index (χ3v) is 7.12. The first-order valence-electron chi connectivity index (χ1n) is 9.70. The second kappa shape index (κ2) is 9.16. The molecule has 0 aliphatic carbocycles. The summed E-state index contributed by atoms with van der Waals surface area (Å²) in [7, 11) is -1.16. The molecule has 0 saturated heterocycles. The Morgan fingerprint density at radius 2 is 2.10 bits per heavy atom. The first-order chi connectivity index (χ1) is 13.8. The van der Waals surface area contributed by atoms with E-state index in [1.54, 1.807) is 17.8 Å². The normalized spacial score (nSPS) is 13.0. The summed E-state index contributed by atoms with van der Waals surface area (Å²) in [6, 6.07) is 8.57. The number of para-hydroxylation sites is 1. The molecule has 0 unspecified atom stereocenters. The van der Waals surface area contributed by atoms with Crippen molar-refractivity contribution in [2.75, 3.05) is 13.2 Å². The standard InChI is InChI=1S/C20H28N4O3SSi/c1-14(12-25)21-19(26)15-11-24(13-27-9-10-29(2,3)4)23-18(15)20-22-16-7-5-6-8-17(16)28-20/h5-8,11,14,25H,9-10,12-13H2,1-4H3,(H,21,26)/t14-/m1/s1. The number of nitrogens with one attached hydrogen (secondary N) is 1. The van der Waals surface area contributed by atoms with E-state index < -0.39 is 8.07 Å². The van der Waals surface area contributed by atoms with Gasteiger partial charge in [0.05, 0.1) is 22.4 Å². The lowest BCUT2D eigenvalue weighted by molar-refractivity contribution is 0.0785. The summed E-state index contributed by atoms with van der Waals surface area (Å²) in [6.45, 7) is 9.50. The number of rotatable bonds is 9. The Morgan fingerprint density at radius 3 is 2.79 bits per heavy atom. The van der Waals surface area contributed by atoms with Crippen molar-refractivity contribution in [3.05, 3.63) is 36.0 Å². The molecule has 0 radical (unpaired) electrons. The van der Waals surface area contributed by atoms with Gasteiger partial charge in [0.2, 0.25) is 0 Å². The highest BCUT2D eigenvalue weighted by molar-refractivity contribution is 7.21. The van der Waals surface area contributed by atoms with Gasteiger partial charge in [-0.05, 0) is 25.1 Å². The first kappa shape index (κ1) is 21.6. The molecule has 0 aliphatic rings. The number of thiazole rings is 1. The molecule has 2 N–H and O–H groups in total. The van der Waals surface area contributed by atoms with Gasteiger partial charge < -0.3 is 15.2 Å². The minimum absolute atomic E-state index is 0.129. The van der Waals surface area contributed by atoms with E-state index in [1.807, 2.05) is 24.3 Å². The second-order valence-corrected chi connectivity index (χ2v) is 15.0. The fourth-order valence-electron chi connectivity index (χ4n) is 2.67. The van der Waals surface area contributed by atoms with Gasteiger partial charge >= 0.3 is 0 Å². The highest BCUT2D eigenvalue weighted by Crippen LogP contribution is 2.31. The van der Waals surface area contributed by atoms with Gasteiger partial charge in [-0.3, -0.25) is 4.79 Å². The zero-order chi connectivity index (χ0) is 21.0. The molecular weight excluding hydrogens is 404 g/mol. The van der Waals surface area contributed by atoms with Crippen LogP contribution in [0.3, 0.4) is 0 Å². The number of fused-ring (bicyclic) bond motifs is 1. The molecule has 1 atom stereocenters. The van der Waals surface area contributed by atoms with Gasteiger partial charge in [0.25, 0.3) is 5.91 Å². The SMILES string of the molecule is C[C@H](CO)NC(=O)c1cn(COCC[Si](C)(C)C)nc1-c1nc2ccccc2s1. The average Bonchev–Trinajstić information content (AvgIpc) is 3.28. The van der Waals surface area contributed by atoms with E-state index in [4.69, 9.17) is 4.74 Å². The Morgan fingerprint density at radius 1 is 1.34 bits per heavy atom. The largest absolute Gasteiger partial charge is 0.394 e. The number of aromatic nitrogens is 3. The average molecular weight is 433 g/mol. The van der Waals surface area contributed by atoms with Crippen LogP contribution in [0.4, 0.5) is 0 Å². The Hall–Kier alpha value is -2.07. The van der Waals surface area contributed by atoms with E-state index in [9.17, 15) is 9.90 Å². The number of nitrogens with zero attached hydrogens (tertiary/aromatic N) is 3. The Balaban J connectivity index is 1.86. The molecule has 156 valence electrons. The Kier molecular flexibility index (Phi) is 6.84. The first-order valence-corrected chi connectivity index (χ1v) is 14.2. The number of carbonyl (C=O) groups is 1. The van der Waals surface area contributed by atoms with Crippen molar-refractivity contribution in [3.8, 4) is 10.7 Å². The molecular formula is C20H28N4O3SSi. The zero-order valence-corrected chi connectivity index (χ0v) is 19.1. The van der Waals surface area contributed by atoms with Crippen molar-refractivity contribution in [1.29, 1.82) is 0 Å². The summed E-state index contributed by atoms with van der Waals surface area (Å²) in [5.74, 6) is -0.283. The lowest BCUT2D eigenvalue weighted by atomic mass is 10.2. The number of ether oxygens (including phenoxy) is 1. The van der Waals surface area contributed by atoms with Crippen LogP contribution in [0.25, 0.3) is 20.9 Å². The minimum Gasteiger partial charge on any atom is -0.394 e. The molecule has 0 bridgehead atoms. The van der Waals surface area contributed by atoms with E-state index in [1.165, 1.54) is 11.3 Å². The van der Waals surface area contributed by atoms with Crippen molar-refractivity contribution < 1.29 is 14.6 Å². The number of carbonyl (C=O) groups excluding carboxylic acids is 1. The molecule has 1 aromatic carbocycles. The maximum absolute atomic E-state index is 12.8. The molecule has 2 heterocycles. The number of aliphatic hydroxyl groups excluding tert-OH is 1. The number of amides is 1. The van der Waals surface area contributed by atoms with Crippen LogP contribution in [-0.2, 0) is 11.5 Å². The maximum Gasteiger partial charge on any atom is 0.255 e. The number of benzene rings is 1. The summed E-state index contributed by atoms with van der Waals surface area (Å²) >= 11 is 1.50. The van der Waals surface area contributed by atoms with Crippen LogP contribution in [0.1, 0.15) is 17.3 Å². The molecule has 3 aromatic rings. The summed E-state index contributed by atoms with van der Waals surface area (Å²) < 4.78 is 8.47. The van der Waals surface area contributed by atoms with Crippen LogP contribution in [0.15, 0.2) is 30.5 Å². The number of aliphatic hydroxyl groups is 1. The molecule has 0 saturated carbocycles. The summed E-state index contributed by atoms with van der Waals surface area (Å²) in [5.41, 5.74) is 1.84. The maximum atomic E-state index is 12.8. The predicted molar refractivity (Wildman–Crippen MR) is 119 cm³/mol. The van der Waals surface area contributed by atoms with Crippen molar-refractivity contribution in [1.82, 2.24) is 20.1 Å². The molecule has 0 aliphatic heterocycles. The highest BCUT2D eigenvalue weighted by atomic mass is 32.1. The van der Waals surface area contributed by atoms with Gasteiger partial charge in [-0.25, -0.2) is 9.67 Å². The van der Waals surface area contributed by atoms with Crippen molar-refractivity contribution >= 4 is 35.5 Å². The number of hydrogen-bond acceptors (Lipinski definition) is 6. The van der Waals surface area contributed by atoms with Gasteiger partial charge in [0, 0.05) is 26.9 Å². The van der Waals surface area contributed by atoms with Gasteiger partial charge in [-0.15, -0.1) is 11.3 Å². The Bertz CT molecular complexity index is 947. The lowest BCUT2D eigenvalue weighted by Gasteiger charge is -2.15. The van der Waals surface area contributed by atoms with Crippen LogP contribution in [0.5, 0.6) is 0 Å². The molecule has 3 rings (SSSR count). The molecule has 2 aromatic heterocycles. The van der Waals surface area contributed by atoms with Crippen molar-refractivity contribution in [3.63, 3.8) is 0 Å². The van der Waals surface area contributed by atoms with Crippen molar-refractivity contribution in [2.24, 2.45) is 0 Å². The van der Waals surface area contributed by atoms with Crippen LogP contribution in [-0.4, -0.2) is 53.1 Å². The highest BCUT2D eigenvalue weighted by Gasteiger charge is 2.22. The molecule has 1 amide bonds. The van der Waals surface area contributed by atoms with Crippen LogP contribution in [0, 0.1) is 0 Å². The molecule has 7 nitrogen and oxygen atoms in total. The quantitative estimate of drug-likeness (QED) is 0.398. The monoisotopic (exact) mass is 432 g/mol. The molecule has 0 spiro atoms. The minimum atomic E-state index is -1.16. The van der Waals surface area contributed by atoms with E-state index in [-0.39, 0.29) is 25.3 Å². The van der Waals surface area contributed by atoms with E-state index >= 15 is 0 Å². The van der Waals surface area contributed by atoms with Crippen LogP contribution < -0.4 is 5.32 Å². The summed E-state index contributed by atoms with van der Waals surface area (Å²) in [5, 5.41) is 17.3. The third kappa shape index (κ3) is 5.72. The van der Waals surface area contributed by atoms with Gasteiger partial charge in [0.15, 0.2) is 0 Å². The van der Waals surface area contributed by atoms with Gasteiger partial charge in [-0.1, -0.05) is 31.8 Å². The van der Waals surface area contributed by atoms with E-state index in [2.05, 4.69) is 35.0 Å². The topological polar surface area (TPSA) is 89.3 Å².